The van der Waals surface area contributed by atoms with Gasteiger partial charge in [-0.2, -0.15) is 0 Å². The van der Waals surface area contributed by atoms with Gasteiger partial charge < -0.3 is 0 Å². The van der Waals surface area contributed by atoms with E-state index in [1.807, 2.05) is 28.4 Å². The first-order valence-corrected chi connectivity index (χ1v) is 9.54. The Morgan fingerprint density at radius 1 is 1.00 bits per heavy atom. The van der Waals surface area contributed by atoms with Crippen LogP contribution in [0.5, 0.6) is 0 Å². The van der Waals surface area contributed by atoms with E-state index >= 15 is 0 Å². The molecule has 8 heteroatoms. The molecule has 1 aromatic heterocycles. The van der Waals surface area contributed by atoms with Gasteiger partial charge in [-0.3, -0.25) is 10.2 Å². The topological polar surface area (TPSA) is 75.3 Å². The number of carbonyl (C=O) groups excluding carboxylic acids is 1. The summed E-state index contributed by atoms with van der Waals surface area (Å²) in [5, 5.41) is 1.92. The molecule has 0 radical (unpaired) electrons. The second kappa shape index (κ2) is 7.14. The number of sulfonamides is 1. The summed E-state index contributed by atoms with van der Waals surface area (Å²) in [5.74, 6) is -1.54. The van der Waals surface area contributed by atoms with Crippen molar-refractivity contribution < 1.29 is 17.6 Å². The molecule has 5 nitrogen and oxygen atoms in total. The molecule has 0 unspecified atom stereocenters. The third-order valence-electron chi connectivity index (χ3n) is 3.36. The molecule has 0 aliphatic rings. The highest BCUT2D eigenvalue weighted by molar-refractivity contribution is 7.89. The number of benzene rings is 2. The minimum atomic E-state index is -4.20. The number of hydrazine groups is 1. The van der Waals surface area contributed by atoms with E-state index in [2.05, 4.69) is 5.43 Å². The third-order valence-corrected chi connectivity index (χ3v) is 5.56. The molecule has 1 heterocycles. The number of amides is 1. The summed E-state index contributed by atoms with van der Waals surface area (Å²) in [6, 6.07) is 15.5. The van der Waals surface area contributed by atoms with Gasteiger partial charge in [0.15, 0.2) is 0 Å². The van der Waals surface area contributed by atoms with Crippen LogP contribution in [0.2, 0.25) is 0 Å². The summed E-state index contributed by atoms with van der Waals surface area (Å²) < 4.78 is 37.8. The van der Waals surface area contributed by atoms with Gasteiger partial charge in [0.05, 0.1) is 0 Å². The molecule has 2 aromatic carbocycles. The van der Waals surface area contributed by atoms with Gasteiger partial charge in [-0.15, -0.1) is 16.2 Å². The average Bonchev–Trinajstić information content (AvgIpc) is 3.15. The van der Waals surface area contributed by atoms with Crippen LogP contribution >= 0.6 is 11.3 Å². The predicted molar refractivity (Wildman–Crippen MR) is 93.9 cm³/mol. The molecule has 0 bridgehead atoms. The van der Waals surface area contributed by atoms with Gasteiger partial charge in [0, 0.05) is 10.4 Å². The van der Waals surface area contributed by atoms with E-state index < -0.39 is 26.6 Å². The fourth-order valence-electron chi connectivity index (χ4n) is 2.16. The molecular weight excluding hydrogens is 363 g/mol. The molecule has 0 saturated heterocycles. The first kappa shape index (κ1) is 17.3. The summed E-state index contributed by atoms with van der Waals surface area (Å²) in [6.45, 7) is 0. The number of thiophene rings is 1. The normalized spacial score (nSPS) is 11.2. The van der Waals surface area contributed by atoms with Gasteiger partial charge in [0.2, 0.25) is 0 Å². The molecule has 0 aliphatic heterocycles. The molecule has 0 fully saturated rings. The first-order valence-electron chi connectivity index (χ1n) is 7.18. The van der Waals surface area contributed by atoms with Crippen molar-refractivity contribution in [3.05, 3.63) is 77.4 Å². The lowest BCUT2D eigenvalue weighted by molar-refractivity contribution is 0.0945. The number of hydrogen-bond acceptors (Lipinski definition) is 4. The van der Waals surface area contributed by atoms with Crippen LogP contribution in [0, 0.1) is 5.82 Å². The molecule has 0 atom stereocenters. The maximum Gasteiger partial charge on any atom is 0.266 e. The van der Waals surface area contributed by atoms with Crippen LogP contribution in [-0.2, 0) is 10.0 Å². The Kier molecular flexibility index (Phi) is 4.93. The van der Waals surface area contributed by atoms with Gasteiger partial charge in [0.25, 0.3) is 15.9 Å². The van der Waals surface area contributed by atoms with E-state index in [1.54, 1.807) is 18.2 Å². The van der Waals surface area contributed by atoms with Crippen molar-refractivity contribution in [3.63, 3.8) is 0 Å². The van der Waals surface area contributed by atoms with E-state index in [0.29, 0.717) is 0 Å². The SMILES string of the molecule is O=C(NNS(=O)(=O)c1ccccc1F)c1cccc(-c2cccs2)c1. The second-order valence-electron chi connectivity index (χ2n) is 5.05. The van der Waals surface area contributed by atoms with Gasteiger partial charge >= 0.3 is 0 Å². The van der Waals surface area contributed by atoms with Gasteiger partial charge in [0.1, 0.15) is 10.7 Å². The molecule has 0 saturated carbocycles. The van der Waals surface area contributed by atoms with Crippen LogP contribution in [0.1, 0.15) is 10.4 Å². The number of carbonyl (C=O) groups is 1. The van der Waals surface area contributed by atoms with Gasteiger partial charge in [-0.1, -0.05) is 30.3 Å². The average molecular weight is 376 g/mol. The minimum Gasteiger partial charge on any atom is -0.273 e. The van der Waals surface area contributed by atoms with E-state index in [4.69, 9.17) is 0 Å². The largest absolute Gasteiger partial charge is 0.273 e. The molecule has 3 aromatic rings. The van der Waals surface area contributed by atoms with Crippen molar-refractivity contribution in [1.29, 1.82) is 0 Å². The van der Waals surface area contributed by atoms with Crippen LogP contribution in [0.4, 0.5) is 4.39 Å². The lowest BCUT2D eigenvalue weighted by Gasteiger charge is -2.09. The highest BCUT2D eigenvalue weighted by atomic mass is 32.2. The van der Waals surface area contributed by atoms with E-state index in [0.717, 1.165) is 22.6 Å². The van der Waals surface area contributed by atoms with Crippen molar-refractivity contribution in [3.8, 4) is 10.4 Å². The molecule has 1 amide bonds. The lowest BCUT2D eigenvalue weighted by atomic mass is 10.1. The summed E-state index contributed by atoms with van der Waals surface area (Å²) in [7, 11) is -4.20. The van der Waals surface area contributed by atoms with E-state index in [1.165, 1.54) is 23.5 Å². The van der Waals surface area contributed by atoms with Crippen molar-refractivity contribution in [1.82, 2.24) is 10.3 Å². The Morgan fingerprint density at radius 2 is 1.80 bits per heavy atom. The summed E-state index contributed by atoms with van der Waals surface area (Å²) in [5.41, 5.74) is 3.22. The summed E-state index contributed by atoms with van der Waals surface area (Å²) >= 11 is 1.53. The fraction of sp³-hybridized carbons (Fsp3) is 0. The zero-order valence-electron chi connectivity index (χ0n) is 12.8. The van der Waals surface area contributed by atoms with Crippen molar-refractivity contribution in [2.24, 2.45) is 0 Å². The molecule has 128 valence electrons. The Morgan fingerprint density at radius 3 is 2.52 bits per heavy atom. The Labute approximate surface area is 148 Å². The van der Waals surface area contributed by atoms with Crippen LogP contribution in [0.25, 0.3) is 10.4 Å². The summed E-state index contributed by atoms with van der Waals surface area (Å²) in [6.07, 6.45) is 0. The maximum absolute atomic E-state index is 13.6. The van der Waals surface area contributed by atoms with Crippen molar-refractivity contribution in [2.75, 3.05) is 0 Å². The lowest BCUT2D eigenvalue weighted by Crippen LogP contribution is -2.41. The quantitative estimate of drug-likeness (QED) is 0.672. The standard InChI is InChI=1S/C17H13FN2O3S2/c18-14-7-1-2-9-16(14)25(22,23)20-19-17(21)13-6-3-5-12(11-13)15-8-4-10-24-15/h1-11,20H,(H,19,21). The zero-order chi connectivity index (χ0) is 17.9. The smallest absolute Gasteiger partial charge is 0.266 e. The van der Waals surface area contributed by atoms with E-state index in [-0.39, 0.29) is 5.56 Å². The van der Waals surface area contributed by atoms with Gasteiger partial charge in [-0.25, -0.2) is 12.8 Å². The van der Waals surface area contributed by atoms with Crippen LogP contribution in [0.3, 0.4) is 0 Å². The third kappa shape index (κ3) is 3.93. The Bertz CT molecular complexity index is 1000. The molecule has 25 heavy (non-hydrogen) atoms. The maximum atomic E-state index is 13.6. The van der Waals surface area contributed by atoms with Crippen molar-refractivity contribution in [2.45, 2.75) is 4.90 Å². The predicted octanol–water partition coefficient (Wildman–Crippen LogP) is 3.18. The minimum absolute atomic E-state index is 0.280. The Balaban J connectivity index is 1.75. The highest BCUT2D eigenvalue weighted by Gasteiger charge is 2.19. The second-order valence-corrected chi connectivity index (χ2v) is 7.65. The van der Waals surface area contributed by atoms with Crippen LogP contribution < -0.4 is 10.3 Å². The van der Waals surface area contributed by atoms with Crippen molar-refractivity contribution >= 4 is 27.3 Å². The van der Waals surface area contributed by atoms with Crippen LogP contribution in [0.15, 0.2) is 70.9 Å². The van der Waals surface area contributed by atoms with Gasteiger partial charge in [-0.05, 0) is 41.3 Å². The highest BCUT2D eigenvalue weighted by Crippen LogP contribution is 2.25. The zero-order valence-corrected chi connectivity index (χ0v) is 14.4. The molecule has 0 spiro atoms. The number of hydrogen-bond donors (Lipinski definition) is 2. The first-order chi connectivity index (χ1) is 12.0. The van der Waals surface area contributed by atoms with E-state index in [9.17, 15) is 17.6 Å². The number of rotatable bonds is 5. The monoisotopic (exact) mass is 376 g/mol. The summed E-state index contributed by atoms with van der Waals surface area (Å²) in [4.78, 5) is 14.6. The molecule has 0 aliphatic carbocycles. The van der Waals surface area contributed by atoms with Crippen LogP contribution in [-0.4, -0.2) is 14.3 Å². The Hall–Kier alpha value is -2.55. The number of nitrogens with one attached hydrogen (secondary N) is 2. The fourth-order valence-corrected chi connectivity index (χ4v) is 3.80. The molecule has 2 N–H and O–H groups in total. The molecular formula is C17H13FN2O3S2. The molecule has 3 rings (SSSR count). The number of halogens is 1.